The van der Waals surface area contributed by atoms with Crippen LogP contribution in [0, 0.1) is 6.92 Å². The largest absolute Gasteiger partial charge is 0.383 e. The van der Waals surface area contributed by atoms with Crippen LogP contribution in [0.4, 0.5) is 5.69 Å². The van der Waals surface area contributed by atoms with Gasteiger partial charge in [0.2, 0.25) is 0 Å². The van der Waals surface area contributed by atoms with Crippen molar-refractivity contribution in [1.82, 2.24) is 5.32 Å². The van der Waals surface area contributed by atoms with Gasteiger partial charge in [-0.15, -0.1) is 11.3 Å². The molecule has 1 atom stereocenters. The smallest absolute Gasteiger partial charge is 0.313 e. The standard InChI is InChI=1S/C16H17ClN2O3S/c1-10-11(17)5-3-6-12(10)19-15(21)14(20)18-9-16(2,22)13-7-4-8-23-13/h3-8,22H,9H2,1-2H3,(H,18,20)(H,19,21)/t16-/m0/s1. The van der Waals surface area contributed by atoms with Crippen molar-refractivity contribution in [3.63, 3.8) is 0 Å². The second kappa shape index (κ2) is 7.12. The van der Waals surface area contributed by atoms with Gasteiger partial charge in [0.05, 0.1) is 6.54 Å². The van der Waals surface area contributed by atoms with E-state index in [1.807, 2.05) is 11.4 Å². The summed E-state index contributed by atoms with van der Waals surface area (Å²) >= 11 is 7.35. The third kappa shape index (κ3) is 4.31. The highest BCUT2D eigenvalue weighted by Crippen LogP contribution is 2.24. The van der Waals surface area contributed by atoms with Gasteiger partial charge in [-0.05, 0) is 43.0 Å². The van der Waals surface area contributed by atoms with E-state index in [0.717, 1.165) is 0 Å². The van der Waals surface area contributed by atoms with E-state index < -0.39 is 17.4 Å². The van der Waals surface area contributed by atoms with Crippen molar-refractivity contribution in [1.29, 1.82) is 0 Å². The lowest BCUT2D eigenvalue weighted by Crippen LogP contribution is -2.43. The van der Waals surface area contributed by atoms with E-state index in [1.165, 1.54) is 11.3 Å². The van der Waals surface area contributed by atoms with Gasteiger partial charge in [-0.25, -0.2) is 0 Å². The summed E-state index contributed by atoms with van der Waals surface area (Å²) in [7, 11) is 0. The molecule has 5 nitrogen and oxygen atoms in total. The Bertz CT molecular complexity index is 714. The molecule has 0 aliphatic carbocycles. The monoisotopic (exact) mass is 352 g/mol. The van der Waals surface area contributed by atoms with E-state index >= 15 is 0 Å². The van der Waals surface area contributed by atoms with Crippen molar-refractivity contribution in [2.24, 2.45) is 0 Å². The molecule has 0 aliphatic heterocycles. The lowest BCUT2D eigenvalue weighted by molar-refractivity contribution is -0.136. The molecule has 0 spiro atoms. The molecule has 1 aromatic heterocycles. The summed E-state index contributed by atoms with van der Waals surface area (Å²) < 4.78 is 0. The van der Waals surface area contributed by atoms with Crippen molar-refractivity contribution in [2.75, 3.05) is 11.9 Å². The zero-order valence-electron chi connectivity index (χ0n) is 12.7. The minimum absolute atomic E-state index is 0.0612. The van der Waals surface area contributed by atoms with E-state index in [4.69, 9.17) is 11.6 Å². The van der Waals surface area contributed by atoms with E-state index in [0.29, 0.717) is 21.2 Å². The molecule has 1 aromatic carbocycles. The molecule has 2 amide bonds. The fourth-order valence-electron chi connectivity index (χ4n) is 1.93. The van der Waals surface area contributed by atoms with E-state index in [-0.39, 0.29) is 6.54 Å². The molecule has 0 bridgehead atoms. The molecule has 7 heteroatoms. The van der Waals surface area contributed by atoms with Crippen LogP contribution in [0.25, 0.3) is 0 Å². The maximum absolute atomic E-state index is 11.9. The number of hydrogen-bond donors (Lipinski definition) is 3. The summed E-state index contributed by atoms with van der Waals surface area (Å²) in [6.45, 7) is 3.27. The zero-order valence-corrected chi connectivity index (χ0v) is 14.3. The summed E-state index contributed by atoms with van der Waals surface area (Å²) in [4.78, 5) is 24.5. The molecule has 0 aliphatic rings. The Morgan fingerprint density at radius 3 is 2.65 bits per heavy atom. The minimum atomic E-state index is -1.23. The van der Waals surface area contributed by atoms with Crippen LogP contribution in [0.5, 0.6) is 0 Å². The summed E-state index contributed by atoms with van der Waals surface area (Å²) in [6, 6.07) is 8.63. The average Bonchev–Trinajstić information content (AvgIpc) is 3.04. The molecule has 1 heterocycles. The second-order valence-electron chi connectivity index (χ2n) is 5.30. The van der Waals surface area contributed by atoms with E-state index in [2.05, 4.69) is 10.6 Å². The number of carbonyl (C=O) groups excluding carboxylic acids is 2. The van der Waals surface area contributed by atoms with Crippen LogP contribution in [0.15, 0.2) is 35.7 Å². The molecule has 0 saturated heterocycles. The lowest BCUT2D eigenvalue weighted by atomic mass is 10.1. The van der Waals surface area contributed by atoms with Gasteiger partial charge in [0.25, 0.3) is 0 Å². The van der Waals surface area contributed by atoms with Crippen molar-refractivity contribution < 1.29 is 14.7 Å². The SMILES string of the molecule is Cc1c(Cl)cccc1NC(=O)C(=O)NC[C@](C)(O)c1cccs1. The highest BCUT2D eigenvalue weighted by atomic mass is 35.5. The third-order valence-corrected chi connectivity index (χ3v) is 4.90. The Balaban J connectivity index is 1.95. The molecule has 23 heavy (non-hydrogen) atoms. The first-order chi connectivity index (χ1) is 10.8. The molecule has 2 rings (SSSR count). The van der Waals surface area contributed by atoms with Crippen LogP contribution in [-0.4, -0.2) is 23.5 Å². The van der Waals surface area contributed by atoms with Gasteiger partial charge in [-0.2, -0.15) is 0 Å². The van der Waals surface area contributed by atoms with Gasteiger partial charge in [-0.3, -0.25) is 9.59 Å². The third-order valence-electron chi connectivity index (χ3n) is 3.37. The first kappa shape index (κ1) is 17.5. The van der Waals surface area contributed by atoms with Gasteiger partial charge in [0.15, 0.2) is 0 Å². The number of nitrogens with one attached hydrogen (secondary N) is 2. The molecular weight excluding hydrogens is 336 g/mol. The topological polar surface area (TPSA) is 78.4 Å². The van der Waals surface area contributed by atoms with Crippen molar-refractivity contribution in [2.45, 2.75) is 19.4 Å². The molecule has 0 unspecified atom stereocenters. The van der Waals surface area contributed by atoms with Crippen molar-refractivity contribution in [3.8, 4) is 0 Å². The predicted octanol–water partition coefficient (Wildman–Crippen LogP) is 2.67. The number of amides is 2. The number of thiophene rings is 1. The quantitative estimate of drug-likeness (QED) is 0.740. The molecule has 0 saturated carbocycles. The maximum Gasteiger partial charge on any atom is 0.313 e. The van der Waals surface area contributed by atoms with Crippen molar-refractivity contribution in [3.05, 3.63) is 51.2 Å². The zero-order chi connectivity index (χ0) is 17.0. The van der Waals surface area contributed by atoms with Crippen LogP contribution < -0.4 is 10.6 Å². The van der Waals surface area contributed by atoms with Gasteiger partial charge in [-0.1, -0.05) is 23.7 Å². The second-order valence-corrected chi connectivity index (χ2v) is 6.66. The number of aliphatic hydroxyl groups is 1. The number of halogens is 1. The number of anilines is 1. The average molecular weight is 353 g/mol. The molecule has 0 fully saturated rings. The van der Waals surface area contributed by atoms with Gasteiger partial charge >= 0.3 is 11.8 Å². The van der Waals surface area contributed by atoms with Crippen molar-refractivity contribution >= 4 is 40.4 Å². The molecular formula is C16H17ClN2O3S. The number of rotatable bonds is 4. The number of benzene rings is 1. The minimum Gasteiger partial charge on any atom is -0.383 e. The van der Waals surface area contributed by atoms with Gasteiger partial charge in [0.1, 0.15) is 5.60 Å². The highest BCUT2D eigenvalue weighted by Gasteiger charge is 2.26. The van der Waals surface area contributed by atoms with Crippen LogP contribution >= 0.6 is 22.9 Å². The summed E-state index contributed by atoms with van der Waals surface area (Å²) in [5, 5.41) is 17.6. The van der Waals surface area contributed by atoms with E-state index in [9.17, 15) is 14.7 Å². The molecule has 2 aromatic rings. The molecule has 0 radical (unpaired) electrons. The first-order valence-corrected chi connectivity index (χ1v) is 8.17. The summed E-state index contributed by atoms with van der Waals surface area (Å²) in [5.74, 6) is -1.63. The maximum atomic E-state index is 11.9. The van der Waals surface area contributed by atoms with Crippen LogP contribution in [0.3, 0.4) is 0 Å². The fraction of sp³-hybridized carbons (Fsp3) is 0.250. The fourth-order valence-corrected chi connectivity index (χ4v) is 2.89. The molecule has 122 valence electrons. The van der Waals surface area contributed by atoms with Gasteiger partial charge in [0, 0.05) is 15.6 Å². The highest BCUT2D eigenvalue weighted by molar-refractivity contribution is 7.10. The number of hydrogen-bond acceptors (Lipinski definition) is 4. The summed E-state index contributed by atoms with van der Waals surface area (Å²) in [5.41, 5.74) is -0.0700. The Morgan fingerprint density at radius 1 is 1.26 bits per heavy atom. The Morgan fingerprint density at radius 2 is 2.00 bits per heavy atom. The Hall–Kier alpha value is -1.89. The lowest BCUT2D eigenvalue weighted by Gasteiger charge is -2.22. The molecule has 3 N–H and O–H groups in total. The Labute approximate surface area is 143 Å². The van der Waals surface area contributed by atoms with Gasteiger partial charge < -0.3 is 15.7 Å². The van der Waals surface area contributed by atoms with Crippen LogP contribution in [-0.2, 0) is 15.2 Å². The summed E-state index contributed by atoms with van der Waals surface area (Å²) in [6.07, 6.45) is 0. The van der Waals surface area contributed by atoms with E-state index in [1.54, 1.807) is 38.1 Å². The van der Waals surface area contributed by atoms with Crippen LogP contribution in [0.2, 0.25) is 5.02 Å². The number of carbonyl (C=O) groups is 2. The first-order valence-electron chi connectivity index (χ1n) is 6.92. The normalized spacial score (nSPS) is 13.2. The predicted molar refractivity (Wildman–Crippen MR) is 91.7 cm³/mol. The van der Waals surface area contributed by atoms with Crippen LogP contribution in [0.1, 0.15) is 17.4 Å². The Kier molecular flexibility index (Phi) is 5.41.